The van der Waals surface area contributed by atoms with Crippen LogP contribution in [0.4, 0.5) is 0 Å². The number of rotatable bonds is 7. The zero-order valence-corrected chi connectivity index (χ0v) is 14.2. The average Bonchev–Trinajstić information content (AvgIpc) is 2.94. The van der Waals surface area contributed by atoms with E-state index < -0.39 is 5.60 Å². The number of aryl methyl sites for hydroxylation is 1. The van der Waals surface area contributed by atoms with E-state index in [-0.39, 0.29) is 18.4 Å². The molecule has 1 N–H and O–H groups in total. The van der Waals surface area contributed by atoms with Crippen LogP contribution in [0.1, 0.15) is 63.8 Å². The molecule has 0 radical (unpaired) electrons. The maximum absolute atomic E-state index is 12.8. The topological polar surface area (TPSA) is 88.7 Å². The number of nitrogens with zero attached hydrogens (tertiary/aromatic N) is 3. The second-order valence-electron chi connectivity index (χ2n) is 6.24. The number of hydrogen-bond acceptors (Lipinski definition) is 6. The number of hydrogen-bond donors (Lipinski definition) is 1. The van der Waals surface area contributed by atoms with Gasteiger partial charge in [0.05, 0.1) is 25.2 Å². The highest BCUT2D eigenvalue weighted by molar-refractivity contribution is 5.77. The molecular formula is C16H27N3O4. The van der Waals surface area contributed by atoms with E-state index in [0.717, 1.165) is 12.8 Å². The van der Waals surface area contributed by atoms with Crippen molar-refractivity contribution in [1.82, 2.24) is 15.1 Å². The van der Waals surface area contributed by atoms with Crippen molar-refractivity contribution in [3.63, 3.8) is 0 Å². The maximum Gasteiger partial charge on any atom is 0.241 e. The van der Waals surface area contributed by atoms with Crippen LogP contribution in [0.25, 0.3) is 0 Å². The fourth-order valence-corrected chi connectivity index (χ4v) is 3.17. The molecule has 0 aliphatic carbocycles. The first-order valence-corrected chi connectivity index (χ1v) is 8.38. The van der Waals surface area contributed by atoms with Crippen molar-refractivity contribution < 1.29 is 19.1 Å². The third-order valence-corrected chi connectivity index (χ3v) is 4.19. The second kappa shape index (κ2) is 7.88. The Kier molecular flexibility index (Phi) is 6.12. The molecule has 2 rings (SSSR count). The van der Waals surface area contributed by atoms with Gasteiger partial charge in [-0.3, -0.25) is 4.79 Å². The predicted octanol–water partition coefficient (Wildman–Crippen LogP) is 2.00. The quantitative estimate of drug-likeness (QED) is 0.825. The molecule has 1 atom stereocenters. The van der Waals surface area contributed by atoms with Gasteiger partial charge in [-0.2, -0.15) is 0 Å². The first-order valence-electron chi connectivity index (χ1n) is 8.38. The molecule has 1 unspecified atom stereocenters. The van der Waals surface area contributed by atoms with Crippen molar-refractivity contribution in [3.05, 3.63) is 11.8 Å². The number of amides is 1. The zero-order valence-electron chi connectivity index (χ0n) is 14.2. The van der Waals surface area contributed by atoms with Gasteiger partial charge < -0.3 is 19.2 Å². The lowest BCUT2D eigenvalue weighted by Gasteiger charge is -2.36. The van der Waals surface area contributed by atoms with Gasteiger partial charge in [0, 0.05) is 13.5 Å². The lowest BCUT2D eigenvalue weighted by Crippen LogP contribution is -2.46. The van der Waals surface area contributed by atoms with Crippen molar-refractivity contribution in [2.24, 2.45) is 0 Å². The van der Waals surface area contributed by atoms with E-state index in [2.05, 4.69) is 10.2 Å². The monoisotopic (exact) mass is 325 g/mol. The fourth-order valence-electron chi connectivity index (χ4n) is 3.17. The molecule has 1 amide bonds. The minimum Gasteiger partial charge on any atom is -0.423 e. The zero-order chi connectivity index (χ0) is 16.9. The predicted molar refractivity (Wildman–Crippen MR) is 83.7 cm³/mol. The first-order chi connectivity index (χ1) is 11.0. The van der Waals surface area contributed by atoms with Crippen molar-refractivity contribution in [3.8, 4) is 0 Å². The largest absolute Gasteiger partial charge is 0.423 e. The van der Waals surface area contributed by atoms with E-state index >= 15 is 0 Å². The molecule has 1 saturated heterocycles. The smallest absolute Gasteiger partial charge is 0.241 e. The van der Waals surface area contributed by atoms with Crippen LogP contribution < -0.4 is 0 Å². The molecule has 0 aromatic carbocycles. The molecule has 130 valence electrons. The number of carbonyl (C=O) groups is 1. The van der Waals surface area contributed by atoms with Crippen molar-refractivity contribution in [1.29, 1.82) is 0 Å². The van der Waals surface area contributed by atoms with E-state index in [4.69, 9.17) is 9.15 Å². The number of carbonyl (C=O) groups excluding carboxylic acids is 1. The average molecular weight is 325 g/mol. The minimum absolute atomic E-state index is 0.0847. The van der Waals surface area contributed by atoms with Crippen LogP contribution in [0.5, 0.6) is 0 Å². The fraction of sp³-hybridized carbons (Fsp3) is 0.812. The van der Waals surface area contributed by atoms with E-state index in [1.165, 1.54) is 0 Å². The molecular weight excluding hydrogens is 298 g/mol. The number of aromatic nitrogens is 2. The molecule has 1 aliphatic heterocycles. The molecule has 1 fully saturated rings. The summed E-state index contributed by atoms with van der Waals surface area (Å²) in [5.41, 5.74) is -0.936. The van der Waals surface area contributed by atoms with E-state index in [9.17, 15) is 9.90 Å². The summed E-state index contributed by atoms with van der Waals surface area (Å²) in [5.74, 6) is 0.773. The Morgan fingerprint density at radius 1 is 1.35 bits per heavy atom. The lowest BCUT2D eigenvalue weighted by molar-refractivity contribution is -0.147. The highest BCUT2D eigenvalue weighted by atomic mass is 16.5. The summed E-state index contributed by atoms with van der Waals surface area (Å²) in [4.78, 5) is 14.5. The van der Waals surface area contributed by atoms with Crippen LogP contribution in [0.15, 0.2) is 4.42 Å². The number of aliphatic hydroxyl groups is 1. The Morgan fingerprint density at radius 2 is 2.04 bits per heavy atom. The maximum atomic E-state index is 12.8. The molecule has 1 aliphatic rings. The van der Waals surface area contributed by atoms with Gasteiger partial charge >= 0.3 is 0 Å². The van der Waals surface area contributed by atoms with Crippen molar-refractivity contribution >= 4 is 5.91 Å². The molecule has 7 heteroatoms. The third-order valence-electron chi connectivity index (χ3n) is 4.19. The standard InChI is InChI=1S/C16H27N3O4/c1-4-6-16(21,7-5-2)10-14(20)19-8-9-22-11-13(19)15-18-17-12(3)23-15/h13,21H,4-11H2,1-3H3. The Bertz CT molecular complexity index is 511. The normalized spacial score (nSPS) is 19.1. The van der Waals surface area contributed by atoms with Gasteiger partial charge in [-0.25, -0.2) is 0 Å². The van der Waals surface area contributed by atoms with Crippen LogP contribution in [0, 0.1) is 6.92 Å². The third kappa shape index (κ3) is 4.51. The van der Waals surface area contributed by atoms with Crippen LogP contribution in [0.2, 0.25) is 0 Å². The van der Waals surface area contributed by atoms with E-state index in [0.29, 0.717) is 44.4 Å². The summed E-state index contributed by atoms with van der Waals surface area (Å²) in [6.07, 6.45) is 3.07. The van der Waals surface area contributed by atoms with Gasteiger partial charge in [-0.1, -0.05) is 26.7 Å². The molecule has 23 heavy (non-hydrogen) atoms. The van der Waals surface area contributed by atoms with Crippen molar-refractivity contribution in [2.45, 2.75) is 64.5 Å². The molecule has 0 spiro atoms. The summed E-state index contributed by atoms with van der Waals surface area (Å²) < 4.78 is 10.9. The summed E-state index contributed by atoms with van der Waals surface area (Å²) >= 11 is 0. The summed E-state index contributed by atoms with van der Waals surface area (Å²) in [7, 11) is 0. The van der Waals surface area contributed by atoms with Gasteiger partial charge in [0.1, 0.15) is 6.04 Å². The molecule has 1 aromatic rings. The molecule has 1 aromatic heterocycles. The van der Waals surface area contributed by atoms with E-state index in [1.54, 1.807) is 11.8 Å². The number of morpholine rings is 1. The Balaban J connectivity index is 2.11. The van der Waals surface area contributed by atoms with Crippen LogP contribution in [-0.2, 0) is 9.53 Å². The SMILES string of the molecule is CCCC(O)(CCC)CC(=O)N1CCOCC1c1nnc(C)o1. The second-order valence-corrected chi connectivity index (χ2v) is 6.24. The molecule has 2 heterocycles. The molecule has 7 nitrogen and oxygen atoms in total. The Labute approximate surface area is 137 Å². The van der Waals surface area contributed by atoms with E-state index in [1.807, 2.05) is 13.8 Å². The Hall–Kier alpha value is -1.47. The summed E-state index contributed by atoms with van der Waals surface area (Å²) in [6.45, 7) is 7.04. The van der Waals surface area contributed by atoms with Crippen LogP contribution in [0.3, 0.4) is 0 Å². The number of ether oxygens (including phenoxy) is 1. The van der Waals surface area contributed by atoms with Crippen LogP contribution >= 0.6 is 0 Å². The highest BCUT2D eigenvalue weighted by Gasteiger charge is 2.36. The first kappa shape index (κ1) is 17.9. The lowest BCUT2D eigenvalue weighted by atomic mass is 9.88. The van der Waals surface area contributed by atoms with Gasteiger partial charge in [0.15, 0.2) is 0 Å². The van der Waals surface area contributed by atoms with Gasteiger partial charge in [-0.15, -0.1) is 10.2 Å². The van der Waals surface area contributed by atoms with Gasteiger partial charge in [-0.05, 0) is 12.8 Å². The van der Waals surface area contributed by atoms with Gasteiger partial charge in [0.2, 0.25) is 17.7 Å². The van der Waals surface area contributed by atoms with Gasteiger partial charge in [0.25, 0.3) is 0 Å². The molecule has 0 saturated carbocycles. The summed E-state index contributed by atoms with van der Waals surface area (Å²) in [5, 5.41) is 18.6. The minimum atomic E-state index is -0.936. The van der Waals surface area contributed by atoms with Crippen molar-refractivity contribution in [2.75, 3.05) is 19.8 Å². The summed E-state index contributed by atoms with van der Waals surface area (Å²) in [6, 6.07) is -0.370. The molecule has 0 bridgehead atoms. The Morgan fingerprint density at radius 3 is 2.61 bits per heavy atom. The highest BCUT2D eigenvalue weighted by Crippen LogP contribution is 2.29. The van der Waals surface area contributed by atoms with Crippen LogP contribution in [-0.4, -0.2) is 51.5 Å².